The molecule has 1 aromatic rings. The minimum Gasteiger partial charge on any atom is -0.411 e. The summed E-state index contributed by atoms with van der Waals surface area (Å²) in [5.74, 6) is 0.777. The second kappa shape index (κ2) is 9.54. The lowest BCUT2D eigenvalue weighted by atomic mass is 9.51. The van der Waals surface area contributed by atoms with Crippen molar-refractivity contribution in [3.63, 3.8) is 0 Å². The molecule has 2 N–H and O–H groups in total. The van der Waals surface area contributed by atoms with Crippen LogP contribution in [0.5, 0.6) is 0 Å². The monoisotopic (exact) mass is 519 g/mol. The topological polar surface area (TPSA) is 71.3 Å². The Kier molecular flexibility index (Phi) is 6.82. The third-order valence-electron chi connectivity index (χ3n) is 9.90. The number of oxime groups is 1. The fraction of sp³-hybridized carbons (Fsp3) is 0.621. The van der Waals surface area contributed by atoms with Crippen LogP contribution in [0.15, 0.2) is 52.2 Å². The van der Waals surface area contributed by atoms with Crippen LogP contribution in [0.4, 0.5) is 13.2 Å². The highest BCUT2D eigenvalue weighted by Gasteiger charge is 2.63. The first kappa shape index (κ1) is 26.4. The summed E-state index contributed by atoms with van der Waals surface area (Å²) in [5, 5.41) is 22.6. The van der Waals surface area contributed by atoms with Gasteiger partial charge in [-0.2, -0.15) is 13.2 Å². The van der Waals surface area contributed by atoms with Crippen LogP contribution in [0.1, 0.15) is 75.0 Å². The Labute approximate surface area is 216 Å². The molecule has 0 spiro atoms. The number of fused-ring (bicyclic) bond motifs is 4. The van der Waals surface area contributed by atoms with Crippen molar-refractivity contribution in [1.29, 1.82) is 0 Å². The standard InChI is InChI=1S/C29H36F3NO4/c1-27-15-23(17-4-6-18(7-5-17)26(34)29(30,31)32)25-21-11-9-20(33-35)14-19(21)8-10-22(25)24(27)12-13-28(27,37-3)16-36-2/h4-7,14,22-24,26,34-35H,8-13,15-16H2,1-3H3/b33-20-/t22-,23+,24-,26?,27-,28+/m0/s1. The summed E-state index contributed by atoms with van der Waals surface area (Å²) < 4.78 is 51.3. The van der Waals surface area contributed by atoms with Crippen LogP contribution in [-0.4, -0.2) is 48.6 Å². The van der Waals surface area contributed by atoms with E-state index in [1.807, 2.05) is 6.08 Å². The van der Waals surface area contributed by atoms with Crippen LogP contribution in [0.25, 0.3) is 0 Å². The Hall–Kier alpha value is -2.16. The van der Waals surface area contributed by atoms with Gasteiger partial charge >= 0.3 is 6.18 Å². The number of hydrogen-bond donors (Lipinski definition) is 2. The first-order valence-corrected chi connectivity index (χ1v) is 13.1. The molecule has 8 heteroatoms. The van der Waals surface area contributed by atoms with E-state index in [2.05, 4.69) is 12.1 Å². The minimum absolute atomic E-state index is 0.0131. The molecule has 5 rings (SSSR count). The zero-order chi connectivity index (χ0) is 26.6. The highest BCUT2D eigenvalue weighted by Crippen LogP contribution is 2.67. The summed E-state index contributed by atoms with van der Waals surface area (Å²) in [7, 11) is 3.47. The van der Waals surface area contributed by atoms with Gasteiger partial charge in [0.2, 0.25) is 0 Å². The van der Waals surface area contributed by atoms with Gasteiger partial charge in [-0.25, -0.2) is 0 Å². The first-order chi connectivity index (χ1) is 17.6. The van der Waals surface area contributed by atoms with Gasteiger partial charge in [-0.15, -0.1) is 0 Å². The third-order valence-corrected chi connectivity index (χ3v) is 9.90. The summed E-state index contributed by atoms with van der Waals surface area (Å²) in [6.45, 7) is 2.81. The number of nitrogens with zero attached hydrogens (tertiary/aromatic N) is 1. The lowest BCUT2D eigenvalue weighted by Crippen LogP contribution is -2.54. The van der Waals surface area contributed by atoms with E-state index in [0.29, 0.717) is 30.6 Å². The zero-order valence-electron chi connectivity index (χ0n) is 21.6. The highest BCUT2D eigenvalue weighted by atomic mass is 19.4. The van der Waals surface area contributed by atoms with Gasteiger partial charge in [0.05, 0.1) is 17.9 Å². The molecule has 5 nitrogen and oxygen atoms in total. The van der Waals surface area contributed by atoms with E-state index in [1.54, 1.807) is 26.4 Å². The average Bonchev–Trinajstić information content (AvgIpc) is 3.19. The first-order valence-electron chi connectivity index (χ1n) is 13.1. The summed E-state index contributed by atoms with van der Waals surface area (Å²) in [4.78, 5) is 0. The molecule has 0 aliphatic heterocycles. The molecule has 6 atom stereocenters. The molecule has 1 unspecified atom stereocenters. The van der Waals surface area contributed by atoms with Gasteiger partial charge in [0.1, 0.15) is 0 Å². The molecule has 0 heterocycles. The van der Waals surface area contributed by atoms with Crippen LogP contribution in [0.2, 0.25) is 0 Å². The highest BCUT2D eigenvalue weighted by molar-refractivity contribution is 5.97. The minimum atomic E-state index is -4.71. The second-order valence-electron chi connectivity index (χ2n) is 11.4. The smallest absolute Gasteiger partial charge is 0.411 e. The Morgan fingerprint density at radius 3 is 2.46 bits per heavy atom. The number of aliphatic hydroxyl groups is 1. The van der Waals surface area contributed by atoms with Crippen molar-refractivity contribution < 1.29 is 33.0 Å². The Balaban J connectivity index is 1.63. The second-order valence-corrected chi connectivity index (χ2v) is 11.4. The number of hydrogen-bond acceptors (Lipinski definition) is 5. The number of methoxy groups -OCH3 is 2. The van der Waals surface area contributed by atoms with E-state index in [4.69, 9.17) is 9.47 Å². The summed E-state index contributed by atoms with van der Waals surface area (Å²) in [6.07, 6.45) is 0.932. The molecule has 202 valence electrons. The van der Waals surface area contributed by atoms with Crippen LogP contribution in [0.3, 0.4) is 0 Å². The van der Waals surface area contributed by atoms with Gasteiger partial charge < -0.3 is 19.8 Å². The maximum absolute atomic E-state index is 13.1. The quantitative estimate of drug-likeness (QED) is 0.345. The van der Waals surface area contributed by atoms with Gasteiger partial charge in [-0.05, 0) is 85.1 Å². The van der Waals surface area contributed by atoms with E-state index in [-0.39, 0.29) is 16.9 Å². The normalized spacial score (nSPS) is 35.6. The fourth-order valence-electron chi connectivity index (χ4n) is 8.09. The SMILES string of the molecule is COC[C@]1(OC)CC[C@H]2[C@@H]3CCC4=C/C(=N\O)CCC4=C3[C@@H](c3ccc(C(O)C(F)(F)F)cc3)C[C@@]21C. The van der Waals surface area contributed by atoms with Crippen LogP contribution < -0.4 is 0 Å². The average molecular weight is 520 g/mol. The molecule has 0 amide bonds. The van der Waals surface area contributed by atoms with E-state index in [9.17, 15) is 23.5 Å². The molecule has 0 bridgehead atoms. The van der Waals surface area contributed by atoms with Crippen molar-refractivity contribution >= 4 is 5.71 Å². The largest absolute Gasteiger partial charge is 0.418 e. The molecular weight excluding hydrogens is 483 g/mol. The zero-order valence-corrected chi connectivity index (χ0v) is 21.6. The number of benzene rings is 1. The van der Waals surface area contributed by atoms with E-state index in [1.165, 1.54) is 28.9 Å². The van der Waals surface area contributed by atoms with Crippen LogP contribution >= 0.6 is 0 Å². The number of rotatable bonds is 5. The molecular formula is C29H36F3NO4. The molecule has 4 aliphatic rings. The van der Waals surface area contributed by atoms with Gasteiger partial charge in [0.25, 0.3) is 0 Å². The molecule has 0 aromatic heterocycles. The Bertz CT molecular complexity index is 1120. The third kappa shape index (κ3) is 4.16. The van der Waals surface area contributed by atoms with Crippen molar-refractivity contribution in [3.8, 4) is 0 Å². The van der Waals surface area contributed by atoms with Crippen molar-refractivity contribution in [2.75, 3.05) is 20.8 Å². The molecule has 37 heavy (non-hydrogen) atoms. The van der Waals surface area contributed by atoms with Crippen molar-refractivity contribution in [3.05, 3.63) is 58.2 Å². The number of ether oxygens (including phenoxy) is 2. The predicted molar refractivity (Wildman–Crippen MR) is 134 cm³/mol. The molecule has 1 aromatic carbocycles. The summed E-state index contributed by atoms with van der Waals surface area (Å²) >= 11 is 0. The van der Waals surface area contributed by atoms with Crippen molar-refractivity contribution in [1.82, 2.24) is 0 Å². The Morgan fingerprint density at radius 1 is 1.11 bits per heavy atom. The van der Waals surface area contributed by atoms with Crippen molar-refractivity contribution in [2.24, 2.45) is 22.4 Å². The number of halogens is 3. The predicted octanol–water partition coefficient (Wildman–Crippen LogP) is 6.47. The maximum Gasteiger partial charge on any atom is 0.418 e. The number of aliphatic hydroxyl groups excluding tert-OH is 1. The van der Waals surface area contributed by atoms with Gasteiger partial charge in [-0.3, -0.25) is 0 Å². The van der Waals surface area contributed by atoms with Crippen LogP contribution in [-0.2, 0) is 9.47 Å². The molecule has 2 saturated carbocycles. The summed E-state index contributed by atoms with van der Waals surface area (Å²) in [5.41, 5.74) is 4.85. The summed E-state index contributed by atoms with van der Waals surface area (Å²) in [6, 6.07) is 6.33. The van der Waals surface area contributed by atoms with Gasteiger partial charge in [0, 0.05) is 25.6 Å². The molecule has 2 fully saturated rings. The Morgan fingerprint density at radius 2 is 1.84 bits per heavy atom. The molecule has 4 aliphatic carbocycles. The molecule has 0 saturated heterocycles. The van der Waals surface area contributed by atoms with Crippen molar-refractivity contribution in [2.45, 2.75) is 75.7 Å². The van der Waals surface area contributed by atoms with E-state index >= 15 is 0 Å². The van der Waals surface area contributed by atoms with Gasteiger partial charge in [0.15, 0.2) is 6.10 Å². The number of alkyl halides is 3. The van der Waals surface area contributed by atoms with Crippen LogP contribution in [0, 0.1) is 17.3 Å². The molecule has 0 radical (unpaired) electrons. The fourth-order valence-corrected chi connectivity index (χ4v) is 8.09. The number of allylic oxidation sites excluding steroid dienone is 4. The van der Waals surface area contributed by atoms with Gasteiger partial charge in [-0.1, -0.05) is 41.9 Å². The maximum atomic E-state index is 13.1. The van der Waals surface area contributed by atoms with E-state index < -0.39 is 17.9 Å². The lowest BCUT2D eigenvalue weighted by Gasteiger charge is -2.55. The van der Waals surface area contributed by atoms with E-state index in [0.717, 1.165) is 44.1 Å². The lowest BCUT2D eigenvalue weighted by molar-refractivity contribution is -0.206.